The standard InChI is InChI=1S/C12H16N2O/c13-8-12(15)14(9-10-6-7-10)11-4-2-1-3-5-11/h1-5,10H,6-9,13H2. The molecule has 0 unspecified atom stereocenters. The van der Waals surface area contributed by atoms with Gasteiger partial charge in [-0.3, -0.25) is 4.79 Å². The summed E-state index contributed by atoms with van der Waals surface area (Å²) in [5, 5.41) is 0. The monoisotopic (exact) mass is 204 g/mol. The Hall–Kier alpha value is -1.35. The molecule has 0 heterocycles. The summed E-state index contributed by atoms with van der Waals surface area (Å²) in [6.07, 6.45) is 2.47. The van der Waals surface area contributed by atoms with Gasteiger partial charge in [-0.1, -0.05) is 18.2 Å². The third-order valence-electron chi connectivity index (χ3n) is 2.68. The molecule has 0 radical (unpaired) electrons. The second-order valence-corrected chi connectivity index (χ2v) is 3.99. The van der Waals surface area contributed by atoms with E-state index in [2.05, 4.69) is 0 Å². The lowest BCUT2D eigenvalue weighted by molar-refractivity contribution is -0.117. The van der Waals surface area contributed by atoms with E-state index in [0.29, 0.717) is 5.92 Å². The van der Waals surface area contributed by atoms with Crippen LogP contribution in [0.2, 0.25) is 0 Å². The average molecular weight is 204 g/mol. The minimum Gasteiger partial charge on any atom is -0.322 e. The summed E-state index contributed by atoms with van der Waals surface area (Å²) in [6, 6.07) is 9.75. The predicted molar refractivity (Wildman–Crippen MR) is 60.6 cm³/mol. The van der Waals surface area contributed by atoms with E-state index in [4.69, 9.17) is 5.73 Å². The van der Waals surface area contributed by atoms with Crippen LogP contribution in [0.1, 0.15) is 12.8 Å². The Balaban J connectivity index is 2.13. The number of nitrogens with two attached hydrogens (primary N) is 1. The number of rotatable bonds is 4. The van der Waals surface area contributed by atoms with Crippen LogP contribution in [0.5, 0.6) is 0 Å². The van der Waals surface area contributed by atoms with E-state index in [9.17, 15) is 4.79 Å². The van der Waals surface area contributed by atoms with Crippen molar-refractivity contribution in [2.45, 2.75) is 12.8 Å². The van der Waals surface area contributed by atoms with E-state index in [1.54, 1.807) is 4.90 Å². The van der Waals surface area contributed by atoms with Crippen LogP contribution in [0.3, 0.4) is 0 Å². The molecule has 1 fully saturated rings. The molecular weight excluding hydrogens is 188 g/mol. The number of carbonyl (C=O) groups is 1. The van der Waals surface area contributed by atoms with Gasteiger partial charge in [-0.2, -0.15) is 0 Å². The van der Waals surface area contributed by atoms with Gasteiger partial charge in [-0.05, 0) is 30.9 Å². The summed E-state index contributed by atoms with van der Waals surface area (Å²) in [5.41, 5.74) is 6.37. The van der Waals surface area contributed by atoms with Gasteiger partial charge in [0.15, 0.2) is 0 Å². The second-order valence-electron chi connectivity index (χ2n) is 3.99. The lowest BCUT2D eigenvalue weighted by Gasteiger charge is -2.21. The van der Waals surface area contributed by atoms with Crippen LogP contribution in [0.4, 0.5) is 5.69 Å². The molecule has 0 bridgehead atoms. The smallest absolute Gasteiger partial charge is 0.240 e. The Morgan fingerprint density at radius 3 is 2.53 bits per heavy atom. The fraction of sp³-hybridized carbons (Fsp3) is 0.417. The van der Waals surface area contributed by atoms with Crippen LogP contribution in [-0.4, -0.2) is 19.0 Å². The molecule has 1 aromatic rings. The number of nitrogens with zero attached hydrogens (tertiary/aromatic N) is 1. The molecule has 1 aliphatic rings. The average Bonchev–Trinajstić information content (AvgIpc) is 3.10. The minimum atomic E-state index is 0.00750. The van der Waals surface area contributed by atoms with E-state index < -0.39 is 0 Å². The van der Waals surface area contributed by atoms with Crippen LogP contribution in [0.15, 0.2) is 30.3 Å². The topological polar surface area (TPSA) is 46.3 Å². The van der Waals surface area contributed by atoms with Gasteiger partial charge >= 0.3 is 0 Å². The lowest BCUT2D eigenvalue weighted by atomic mass is 10.2. The molecule has 3 heteroatoms. The van der Waals surface area contributed by atoms with E-state index in [0.717, 1.165) is 12.2 Å². The molecular formula is C12H16N2O. The van der Waals surface area contributed by atoms with Gasteiger partial charge in [0.1, 0.15) is 0 Å². The third-order valence-corrected chi connectivity index (χ3v) is 2.68. The second kappa shape index (κ2) is 4.45. The van der Waals surface area contributed by atoms with Gasteiger partial charge in [-0.15, -0.1) is 0 Å². The number of benzene rings is 1. The highest BCUT2D eigenvalue weighted by Gasteiger charge is 2.26. The van der Waals surface area contributed by atoms with Crippen LogP contribution in [0.25, 0.3) is 0 Å². The summed E-state index contributed by atoms with van der Waals surface area (Å²) in [4.78, 5) is 13.5. The zero-order valence-electron chi connectivity index (χ0n) is 8.73. The van der Waals surface area contributed by atoms with Crippen LogP contribution < -0.4 is 10.6 Å². The number of para-hydroxylation sites is 1. The lowest BCUT2D eigenvalue weighted by Crippen LogP contribution is -2.37. The Morgan fingerprint density at radius 1 is 1.33 bits per heavy atom. The van der Waals surface area contributed by atoms with Gasteiger partial charge in [-0.25, -0.2) is 0 Å². The van der Waals surface area contributed by atoms with Crippen molar-refractivity contribution >= 4 is 11.6 Å². The Labute approximate surface area is 89.9 Å². The Morgan fingerprint density at radius 2 is 2.00 bits per heavy atom. The maximum atomic E-state index is 11.7. The number of carbonyl (C=O) groups excluding carboxylic acids is 1. The summed E-state index contributed by atoms with van der Waals surface area (Å²) in [6.45, 7) is 0.904. The van der Waals surface area contributed by atoms with Crippen LogP contribution >= 0.6 is 0 Å². The molecule has 2 N–H and O–H groups in total. The number of hydrogen-bond acceptors (Lipinski definition) is 2. The van der Waals surface area contributed by atoms with Gasteiger partial charge < -0.3 is 10.6 Å². The van der Waals surface area contributed by atoms with Crippen molar-refractivity contribution in [3.63, 3.8) is 0 Å². The molecule has 15 heavy (non-hydrogen) atoms. The maximum Gasteiger partial charge on any atom is 0.240 e. The molecule has 0 spiro atoms. The van der Waals surface area contributed by atoms with Crippen molar-refractivity contribution in [1.29, 1.82) is 0 Å². The Bertz CT molecular complexity index is 333. The van der Waals surface area contributed by atoms with E-state index in [1.165, 1.54) is 12.8 Å². The van der Waals surface area contributed by atoms with Gasteiger partial charge in [0.2, 0.25) is 5.91 Å². The Kier molecular flexibility index (Phi) is 3.02. The maximum absolute atomic E-state index is 11.7. The largest absolute Gasteiger partial charge is 0.322 e. The first-order valence-corrected chi connectivity index (χ1v) is 5.36. The van der Waals surface area contributed by atoms with Crippen molar-refractivity contribution in [2.75, 3.05) is 18.0 Å². The summed E-state index contributed by atoms with van der Waals surface area (Å²) < 4.78 is 0. The first kappa shape index (κ1) is 10.2. The third kappa shape index (κ3) is 2.57. The fourth-order valence-electron chi connectivity index (χ4n) is 1.63. The zero-order chi connectivity index (χ0) is 10.7. The molecule has 80 valence electrons. The van der Waals surface area contributed by atoms with Crippen molar-refractivity contribution in [3.8, 4) is 0 Å². The highest BCUT2D eigenvalue weighted by atomic mass is 16.2. The molecule has 3 nitrogen and oxygen atoms in total. The molecule has 1 aromatic carbocycles. The first-order valence-electron chi connectivity index (χ1n) is 5.36. The quantitative estimate of drug-likeness (QED) is 0.805. The van der Waals surface area contributed by atoms with Crippen molar-refractivity contribution in [1.82, 2.24) is 0 Å². The van der Waals surface area contributed by atoms with Crippen LogP contribution in [0, 0.1) is 5.92 Å². The zero-order valence-corrected chi connectivity index (χ0v) is 8.73. The molecule has 0 saturated heterocycles. The van der Waals surface area contributed by atoms with Gasteiger partial charge in [0.25, 0.3) is 0 Å². The number of hydrogen-bond donors (Lipinski definition) is 1. The summed E-state index contributed by atoms with van der Waals surface area (Å²) >= 11 is 0. The summed E-state index contributed by atoms with van der Waals surface area (Å²) in [5.74, 6) is 0.689. The highest BCUT2D eigenvalue weighted by molar-refractivity contribution is 5.94. The molecule has 1 amide bonds. The minimum absolute atomic E-state index is 0.00750. The summed E-state index contributed by atoms with van der Waals surface area (Å²) in [7, 11) is 0. The molecule has 1 aliphatic carbocycles. The van der Waals surface area contributed by atoms with Crippen molar-refractivity contribution in [2.24, 2.45) is 11.7 Å². The predicted octanol–water partition coefficient (Wildman–Crippen LogP) is 1.39. The number of amides is 1. The van der Waals surface area contributed by atoms with Gasteiger partial charge in [0, 0.05) is 12.2 Å². The number of anilines is 1. The molecule has 2 rings (SSSR count). The van der Waals surface area contributed by atoms with E-state index in [1.807, 2.05) is 30.3 Å². The molecule has 1 saturated carbocycles. The van der Waals surface area contributed by atoms with E-state index >= 15 is 0 Å². The molecule has 0 atom stereocenters. The SMILES string of the molecule is NCC(=O)N(CC1CC1)c1ccccc1. The van der Waals surface area contributed by atoms with Crippen molar-refractivity contribution in [3.05, 3.63) is 30.3 Å². The van der Waals surface area contributed by atoms with Crippen LogP contribution in [-0.2, 0) is 4.79 Å². The van der Waals surface area contributed by atoms with Gasteiger partial charge in [0.05, 0.1) is 6.54 Å². The van der Waals surface area contributed by atoms with E-state index in [-0.39, 0.29) is 12.5 Å². The fourth-order valence-corrected chi connectivity index (χ4v) is 1.63. The highest BCUT2D eigenvalue weighted by Crippen LogP contribution is 2.31. The molecule has 0 aromatic heterocycles. The molecule has 0 aliphatic heterocycles. The van der Waals surface area contributed by atoms with Crippen molar-refractivity contribution < 1.29 is 4.79 Å². The normalized spacial score (nSPS) is 15.0. The first-order chi connectivity index (χ1) is 7.31.